The van der Waals surface area contributed by atoms with Gasteiger partial charge in [0, 0.05) is 39.0 Å². The minimum Gasteiger partial charge on any atom is -0.377 e. The van der Waals surface area contributed by atoms with Gasteiger partial charge < -0.3 is 19.7 Å². The van der Waals surface area contributed by atoms with Crippen molar-refractivity contribution in [3.8, 4) is 0 Å². The van der Waals surface area contributed by atoms with E-state index >= 15 is 0 Å². The highest BCUT2D eigenvalue weighted by atomic mass is 16.5. The quantitative estimate of drug-likeness (QED) is 0.879. The first kappa shape index (κ1) is 14.3. The van der Waals surface area contributed by atoms with Gasteiger partial charge in [-0.3, -0.25) is 0 Å². The molecule has 0 spiro atoms. The Kier molecular flexibility index (Phi) is 4.80. The largest absolute Gasteiger partial charge is 0.377 e. The van der Waals surface area contributed by atoms with Crippen LogP contribution in [0.3, 0.4) is 0 Å². The van der Waals surface area contributed by atoms with Crippen molar-refractivity contribution in [1.82, 2.24) is 5.32 Å². The molecule has 0 amide bonds. The van der Waals surface area contributed by atoms with Crippen LogP contribution in [0.15, 0.2) is 24.3 Å². The fourth-order valence-electron chi connectivity index (χ4n) is 2.69. The third-order valence-electron chi connectivity index (χ3n) is 4.00. The lowest BCUT2D eigenvalue weighted by Gasteiger charge is -2.24. The number of nitrogens with zero attached hydrogens (tertiary/aromatic N) is 1. The maximum atomic E-state index is 5.51. The van der Waals surface area contributed by atoms with Gasteiger partial charge in [-0.1, -0.05) is 18.2 Å². The second-order valence-electron chi connectivity index (χ2n) is 5.02. The predicted molar refractivity (Wildman–Crippen MR) is 77.7 cm³/mol. The number of rotatable bonds is 5. The number of hydrogen-bond acceptors (Lipinski definition) is 4. The van der Waals surface area contributed by atoms with E-state index in [1.165, 1.54) is 11.3 Å². The Morgan fingerprint density at radius 1 is 1.16 bits per heavy atom. The minimum absolute atomic E-state index is 0.142. The second kappa shape index (κ2) is 6.37. The summed E-state index contributed by atoms with van der Waals surface area (Å²) in [5.74, 6) is 0. The smallest absolute Gasteiger partial charge is 0.102 e. The summed E-state index contributed by atoms with van der Waals surface area (Å²) in [6.07, 6.45) is 0.283. The first-order valence-electron chi connectivity index (χ1n) is 6.78. The van der Waals surface area contributed by atoms with Crippen LogP contribution in [0.4, 0.5) is 5.69 Å². The molecular weight excluding hydrogens is 240 g/mol. The molecule has 1 saturated heterocycles. The highest BCUT2D eigenvalue weighted by Crippen LogP contribution is 2.30. The summed E-state index contributed by atoms with van der Waals surface area (Å²) in [4.78, 5) is 2.35. The van der Waals surface area contributed by atoms with E-state index in [-0.39, 0.29) is 12.2 Å². The van der Waals surface area contributed by atoms with E-state index in [4.69, 9.17) is 9.47 Å². The minimum atomic E-state index is 0.142. The van der Waals surface area contributed by atoms with Crippen LogP contribution in [-0.4, -0.2) is 46.6 Å². The van der Waals surface area contributed by atoms with Gasteiger partial charge in [-0.05, 0) is 25.6 Å². The molecule has 3 unspecified atom stereocenters. The van der Waals surface area contributed by atoms with Gasteiger partial charge in [0.15, 0.2) is 0 Å². The van der Waals surface area contributed by atoms with Crippen molar-refractivity contribution >= 4 is 5.69 Å². The Morgan fingerprint density at radius 2 is 1.74 bits per heavy atom. The molecule has 1 aliphatic heterocycles. The molecule has 0 saturated carbocycles. The molecule has 0 bridgehead atoms. The van der Waals surface area contributed by atoms with Gasteiger partial charge in [0.05, 0.1) is 0 Å². The van der Waals surface area contributed by atoms with Gasteiger partial charge in [-0.25, -0.2) is 0 Å². The average molecular weight is 264 g/mol. The Labute approximate surface area is 115 Å². The van der Waals surface area contributed by atoms with E-state index < -0.39 is 0 Å². The van der Waals surface area contributed by atoms with Crippen LogP contribution in [0.2, 0.25) is 0 Å². The number of nitrogens with one attached hydrogen (secondary N) is 1. The van der Waals surface area contributed by atoms with Gasteiger partial charge in [0.2, 0.25) is 0 Å². The fourth-order valence-corrected chi connectivity index (χ4v) is 2.69. The molecule has 1 aromatic rings. The van der Waals surface area contributed by atoms with E-state index in [1.807, 2.05) is 7.05 Å². The molecule has 1 aromatic carbocycles. The molecule has 3 atom stereocenters. The first-order chi connectivity index (χ1) is 9.21. The summed E-state index contributed by atoms with van der Waals surface area (Å²) in [5, 5.41) is 3.31. The SMILES string of the molecule is CNC(C)c1ccccc1N1CC(OC)C(OC)C1. The number of benzene rings is 1. The van der Waals surface area contributed by atoms with Crippen molar-refractivity contribution in [2.24, 2.45) is 0 Å². The summed E-state index contributed by atoms with van der Waals surface area (Å²) < 4.78 is 11.0. The van der Waals surface area contributed by atoms with Gasteiger partial charge in [-0.2, -0.15) is 0 Å². The molecule has 0 radical (unpaired) electrons. The van der Waals surface area contributed by atoms with Crippen LogP contribution in [0.1, 0.15) is 18.5 Å². The molecule has 4 heteroatoms. The van der Waals surface area contributed by atoms with Crippen LogP contribution in [0.5, 0.6) is 0 Å². The number of para-hydroxylation sites is 1. The Balaban J connectivity index is 2.23. The van der Waals surface area contributed by atoms with Crippen LogP contribution < -0.4 is 10.2 Å². The summed E-state index contributed by atoms with van der Waals surface area (Å²) >= 11 is 0. The molecule has 4 nitrogen and oxygen atoms in total. The van der Waals surface area contributed by atoms with Crippen molar-refractivity contribution in [2.45, 2.75) is 25.2 Å². The molecule has 106 valence electrons. The van der Waals surface area contributed by atoms with Crippen molar-refractivity contribution in [3.05, 3.63) is 29.8 Å². The normalized spacial score (nSPS) is 24.7. The van der Waals surface area contributed by atoms with Crippen molar-refractivity contribution in [3.63, 3.8) is 0 Å². The molecule has 1 N–H and O–H groups in total. The summed E-state index contributed by atoms with van der Waals surface area (Å²) in [6.45, 7) is 3.93. The Hall–Kier alpha value is -1.10. The van der Waals surface area contributed by atoms with Crippen molar-refractivity contribution in [1.29, 1.82) is 0 Å². The van der Waals surface area contributed by atoms with Gasteiger partial charge >= 0.3 is 0 Å². The van der Waals surface area contributed by atoms with Crippen LogP contribution in [-0.2, 0) is 9.47 Å². The van der Waals surface area contributed by atoms with E-state index in [9.17, 15) is 0 Å². The van der Waals surface area contributed by atoms with E-state index in [0.717, 1.165) is 13.1 Å². The van der Waals surface area contributed by atoms with Crippen molar-refractivity contribution < 1.29 is 9.47 Å². The molecule has 0 aliphatic carbocycles. The van der Waals surface area contributed by atoms with Gasteiger partial charge in [-0.15, -0.1) is 0 Å². The summed E-state index contributed by atoms with van der Waals surface area (Å²) in [5.41, 5.74) is 2.59. The highest BCUT2D eigenvalue weighted by Gasteiger charge is 2.34. The monoisotopic (exact) mass is 264 g/mol. The first-order valence-corrected chi connectivity index (χ1v) is 6.78. The third kappa shape index (κ3) is 2.91. The zero-order chi connectivity index (χ0) is 13.8. The highest BCUT2D eigenvalue weighted by molar-refractivity contribution is 5.56. The van der Waals surface area contributed by atoms with E-state index in [0.29, 0.717) is 6.04 Å². The Bertz CT molecular complexity index is 399. The number of methoxy groups -OCH3 is 2. The Morgan fingerprint density at radius 3 is 2.26 bits per heavy atom. The lowest BCUT2D eigenvalue weighted by Crippen LogP contribution is -2.27. The lowest BCUT2D eigenvalue weighted by molar-refractivity contribution is -0.00461. The molecule has 0 aromatic heterocycles. The maximum absolute atomic E-state index is 5.51. The molecule has 1 fully saturated rings. The summed E-state index contributed by atoms with van der Waals surface area (Å²) in [7, 11) is 5.49. The predicted octanol–water partition coefficient (Wildman–Crippen LogP) is 1.82. The van der Waals surface area contributed by atoms with E-state index in [2.05, 4.69) is 41.4 Å². The standard InChI is InChI=1S/C15H24N2O2/c1-11(16-2)12-7-5-6-8-13(12)17-9-14(18-3)15(10-17)19-4/h5-8,11,14-16H,9-10H2,1-4H3. The maximum Gasteiger partial charge on any atom is 0.102 e. The number of anilines is 1. The fraction of sp³-hybridized carbons (Fsp3) is 0.600. The van der Waals surface area contributed by atoms with Crippen LogP contribution >= 0.6 is 0 Å². The van der Waals surface area contributed by atoms with Crippen LogP contribution in [0, 0.1) is 0 Å². The van der Waals surface area contributed by atoms with Crippen molar-refractivity contribution in [2.75, 3.05) is 39.3 Å². The molecule has 1 aliphatic rings. The van der Waals surface area contributed by atoms with Crippen LogP contribution in [0.25, 0.3) is 0 Å². The topological polar surface area (TPSA) is 33.7 Å². The molecule has 19 heavy (non-hydrogen) atoms. The van der Waals surface area contributed by atoms with E-state index in [1.54, 1.807) is 14.2 Å². The summed E-state index contributed by atoms with van der Waals surface area (Å²) in [6, 6.07) is 8.86. The lowest BCUT2D eigenvalue weighted by atomic mass is 10.1. The van der Waals surface area contributed by atoms with Gasteiger partial charge in [0.25, 0.3) is 0 Å². The number of ether oxygens (including phenoxy) is 2. The molecular formula is C15H24N2O2. The molecule has 1 heterocycles. The second-order valence-corrected chi connectivity index (χ2v) is 5.02. The number of hydrogen-bond donors (Lipinski definition) is 1. The molecule has 2 rings (SSSR count). The van der Waals surface area contributed by atoms with Gasteiger partial charge in [0.1, 0.15) is 12.2 Å². The third-order valence-corrected chi connectivity index (χ3v) is 4.00. The average Bonchev–Trinajstić information content (AvgIpc) is 2.89. The zero-order valence-corrected chi connectivity index (χ0v) is 12.2. The zero-order valence-electron chi connectivity index (χ0n) is 12.2.